The highest BCUT2D eigenvalue weighted by Crippen LogP contribution is 2.27. The SMILES string of the molecule is CCOc1ccc(CN2C(=O)c3ccccc3C2=O)cc1C(=O)NCC1CCN(S(C)(=O)=O)CC1. The number of hydrogen-bond acceptors (Lipinski definition) is 6. The lowest BCUT2D eigenvalue weighted by Crippen LogP contribution is -2.41. The molecule has 35 heavy (non-hydrogen) atoms. The Morgan fingerprint density at radius 3 is 2.26 bits per heavy atom. The van der Waals surface area contributed by atoms with Crippen LogP contribution in [0.3, 0.4) is 0 Å². The summed E-state index contributed by atoms with van der Waals surface area (Å²) in [5.74, 6) is -0.433. The summed E-state index contributed by atoms with van der Waals surface area (Å²) in [4.78, 5) is 39.7. The third-order valence-corrected chi connectivity index (χ3v) is 7.70. The molecule has 0 bridgehead atoms. The van der Waals surface area contributed by atoms with Gasteiger partial charge < -0.3 is 10.1 Å². The quantitative estimate of drug-likeness (QED) is 0.558. The molecule has 0 saturated carbocycles. The van der Waals surface area contributed by atoms with Crippen LogP contribution in [0, 0.1) is 5.92 Å². The number of imide groups is 1. The minimum atomic E-state index is -3.20. The molecule has 1 fully saturated rings. The normalized spacial score (nSPS) is 16.9. The van der Waals surface area contributed by atoms with Crippen molar-refractivity contribution >= 4 is 27.7 Å². The Balaban J connectivity index is 1.44. The number of nitrogens with zero attached hydrogens (tertiary/aromatic N) is 2. The molecule has 2 aromatic rings. The number of carbonyl (C=O) groups is 3. The summed E-state index contributed by atoms with van der Waals surface area (Å²) >= 11 is 0. The van der Waals surface area contributed by atoms with Gasteiger partial charge in [-0.15, -0.1) is 0 Å². The first-order valence-electron chi connectivity index (χ1n) is 11.6. The molecule has 186 valence electrons. The standard InChI is InChI=1S/C25H29N3O6S/c1-3-34-22-9-8-18(16-28-24(30)19-6-4-5-7-20(19)25(28)31)14-21(22)23(29)26-15-17-10-12-27(13-11-17)35(2,32)33/h4-9,14,17H,3,10-13,15-16H2,1-2H3,(H,26,29). The number of ether oxygens (including phenoxy) is 1. The van der Waals surface area contributed by atoms with Gasteiger partial charge in [-0.2, -0.15) is 0 Å². The van der Waals surface area contributed by atoms with E-state index >= 15 is 0 Å². The molecule has 1 saturated heterocycles. The van der Waals surface area contributed by atoms with E-state index in [1.54, 1.807) is 42.5 Å². The van der Waals surface area contributed by atoms with Crippen molar-refractivity contribution in [3.8, 4) is 5.75 Å². The van der Waals surface area contributed by atoms with Crippen LogP contribution < -0.4 is 10.1 Å². The van der Waals surface area contributed by atoms with Crippen molar-refractivity contribution in [2.24, 2.45) is 5.92 Å². The van der Waals surface area contributed by atoms with Gasteiger partial charge in [0.2, 0.25) is 10.0 Å². The molecule has 0 radical (unpaired) electrons. The van der Waals surface area contributed by atoms with E-state index in [2.05, 4.69) is 5.32 Å². The highest BCUT2D eigenvalue weighted by molar-refractivity contribution is 7.88. The van der Waals surface area contributed by atoms with Crippen molar-refractivity contribution in [3.05, 3.63) is 64.7 Å². The maximum absolute atomic E-state index is 13.1. The van der Waals surface area contributed by atoms with E-state index < -0.39 is 10.0 Å². The highest BCUT2D eigenvalue weighted by atomic mass is 32.2. The van der Waals surface area contributed by atoms with Crippen molar-refractivity contribution in [3.63, 3.8) is 0 Å². The van der Waals surface area contributed by atoms with Gasteiger partial charge in [-0.3, -0.25) is 19.3 Å². The molecule has 2 aliphatic heterocycles. The van der Waals surface area contributed by atoms with Crippen LogP contribution in [0.1, 0.15) is 56.4 Å². The van der Waals surface area contributed by atoms with Gasteiger partial charge in [0.1, 0.15) is 5.75 Å². The zero-order chi connectivity index (χ0) is 25.2. The van der Waals surface area contributed by atoms with Crippen molar-refractivity contribution < 1.29 is 27.5 Å². The lowest BCUT2D eigenvalue weighted by molar-refractivity contribution is 0.0642. The molecular formula is C25H29N3O6S. The summed E-state index contributed by atoms with van der Waals surface area (Å²) < 4.78 is 30.5. The average molecular weight is 500 g/mol. The molecule has 2 aromatic carbocycles. The van der Waals surface area contributed by atoms with E-state index in [0.29, 0.717) is 67.1 Å². The Kier molecular flexibility index (Phi) is 7.23. The largest absolute Gasteiger partial charge is 0.493 e. The van der Waals surface area contributed by atoms with Crippen LogP contribution in [0.15, 0.2) is 42.5 Å². The first-order chi connectivity index (χ1) is 16.7. The van der Waals surface area contributed by atoms with Gasteiger partial charge in [0.25, 0.3) is 17.7 Å². The molecule has 4 rings (SSSR count). The minimum absolute atomic E-state index is 0.0446. The van der Waals surface area contributed by atoms with Crippen LogP contribution in [-0.4, -0.2) is 67.8 Å². The van der Waals surface area contributed by atoms with Gasteiger partial charge in [0, 0.05) is 19.6 Å². The van der Waals surface area contributed by atoms with Crippen LogP contribution >= 0.6 is 0 Å². The fraction of sp³-hybridized carbons (Fsp3) is 0.400. The maximum atomic E-state index is 13.1. The zero-order valence-corrected chi connectivity index (χ0v) is 20.6. The number of piperidine rings is 1. The van der Waals surface area contributed by atoms with E-state index in [4.69, 9.17) is 4.74 Å². The van der Waals surface area contributed by atoms with Gasteiger partial charge in [-0.25, -0.2) is 12.7 Å². The van der Waals surface area contributed by atoms with Crippen molar-refractivity contribution in [1.82, 2.24) is 14.5 Å². The Morgan fingerprint density at radius 1 is 1.06 bits per heavy atom. The molecule has 10 heteroatoms. The number of amides is 3. The predicted molar refractivity (Wildman–Crippen MR) is 130 cm³/mol. The molecule has 0 unspecified atom stereocenters. The number of carbonyl (C=O) groups excluding carboxylic acids is 3. The molecule has 0 aliphatic carbocycles. The van der Waals surface area contributed by atoms with Crippen LogP contribution in [-0.2, 0) is 16.6 Å². The Labute approximate surface area is 205 Å². The Morgan fingerprint density at radius 2 is 1.69 bits per heavy atom. The summed E-state index contributed by atoms with van der Waals surface area (Å²) in [7, 11) is -3.20. The smallest absolute Gasteiger partial charge is 0.261 e. The summed E-state index contributed by atoms with van der Waals surface area (Å²) in [5.41, 5.74) is 1.72. The van der Waals surface area contributed by atoms with Crippen molar-refractivity contribution in [1.29, 1.82) is 0 Å². The second kappa shape index (κ2) is 10.2. The number of hydrogen-bond donors (Lipinski definition) is 1. The van der Waals surface area contributed by atoms with E-state index in [-0.39, 0.29) is 30.2 Å². The topological polar surface area (TPSA) is 113 Å². The molecular weight excluding hydrogens is 470 g/mol. The van der Waals surface area contributed by atoms with E-state index in [9.17, 15) is 22.8 Å². The van der Waals surface area contributed by atoms with Crippen LogP contribution in [0.25, 0.3) is 0 Å². The average Bonchev–Trinajstić information content (AvgIpc) is 3.08. The number of benzene rings is 2. The molecule has 9 nitrogen and oxygen atoms in total. The van der Waals surface area contributed by atoms with Gasteiger partial charge in [0.15, 0.2) is 0 Å². The minimum Gasteiger partial charge on any atom is -0.493 e. The summed E-state index contributed by atoms with van der Waals surface area (Å²) in [5, 5.41) is 2.94. The summed E-state index contributed by atoms with van der Waals surface area (Å²) in [6, 6.07) is 11.8. The van der Waals surface area contributed by atoms with Crippen LogP contribution in [0.2, 0.25) is 0 Å². The number of fused-ring (bicyclic) bond motifs is 1. The van der Waals surface area contributed by atoms with Gasteiger partial charge in [0.05, 0.1) is 36.1 Å². The highest BCUT2D eigenvalue weighted by Gasteiger charge is 2.35. The molecule has 0 spiro atoms. The molecule has 3 amide bonds. The van der Waals surface area contributed by atoms with Crippen molar-refractivity contribution in [2.45, 2.75) is 26.3 Å². The molecule has 0 atom stereocenters. The summed E-state index contributed by atoms with van der Waals surface area (Å²) in [6.45, 7) is 3.55. The lowest BCUT2D eigenvalue weighted by atomic mass is 9.98. The second-order valence-corrected chi connectivity index (χ2v) is 10.8. The first kappa shape index (κ1) is 24.9. The van der Waals surface area contributed by atoms with Gasteiger partial charge in [-0.1, -0.05) is 18.2 Å². The van der Waals surface area contributed by atoms with Gasteiger partial charge in [-0.05, 0) is 55.5 Å². The fourth-order valence-corrected chi connectivity index (χ4v) is 5.35. The molecule has 1 N–H and O–H groups in total. The second-order valence-electron chi connectivity index (χ2n) is 8.82. The number of rotatable bonds is 8. The predicted octanol–water partition coefficient (Wildman–Crippen LogP) is 2.28. The van der Waals surface area contributed by atoms with Crippen molar-refractivity contribution in [2.75, 3.05) is 32.5 Å². The maximum Gasteiger partial charge on any atom is 0.261 e. The number of nitrogens with one attached hydrogen (secondary N) is 1. The number of sulfonamides is 1. The Bertz CT molecular complexity index is 1220. The first-order valence-corrected chi connectivity index (χ1v) is 13.5. The van der Waals surface area contributed by atoms with Gasteiger partial charge >= 0.3 is 0 Å². The summed E-state index contributed by atoms with van der Waals surface area (Å²) in [6.07, 6.45) is 2.55. The molecule has 2 aliphatic rings. The monoisotopic (exact) mass is 499 g/mol. The van der Waals surface area contributed by atoms with E-state index in [1.807, 2.05) is 6.92 Å². The lowest BCUT2D eigenvalue weighted by Gasteiger charge is -2.30. The van der Waals surface area contributed by atoms with E-state index in [0.717, 1.165) is 0 Å². The zero-order valence-electron chi connectivity index (χ0n) is 19.8. The molecule has 2 heterocycles. The third kappa shape index (κ3) is 5.38. The van der Waals surface area contributed by atoms with Crippen LogP contribution in [0.4, 0.5) is 0 Å². The molecule has 0 aromatic heterocycles. The fourth-order valence-electron chi connectivity index (χ4n) is 4.48. The van der Waals surface area contributed by atoms with E-state index in [1.165, 1.54) is 15.5 Å². The Hall–Kier alpha value is -3.24. The van der Waals surface area contributed by atoms with Crippen LogP contribution in [0.5, 0.6) is 5.75 Å². The third-order valence-electron chi connectivity index (χ3n) is 6.40.